The molecule has 0 aromatic heterocycles. The molecule has 0 fully saturated rings. The van der Waals surface area contributed by atoms with Crippen LogP contribution in [0.5, 0.6) is 0 Å². The first kappa shape index (κ1) is 25.1. The highest BCUT2D eigenvalue weighted by molar-refractivity contribution is 5.69. The number of rotatable bonds is 19. The van der Waals surface area contributed by atoms with Crippen molar-refractivity contribution in [3.8, 4) is 0 Å². The molecule has 0 rings (SSSR count). The van der Waals surface area contributed by atoms with Crippen molar-refractivity contribution in [1.82, 2.24) is 0 Å². The second-order valence-corrected chi connectivity index (χ2v) is 7.06. The van der Waals surface area contributed by atoms with E-state index in [0.29, 0.717) is 6.42 Å². The number of hydrogen-bond acceptors (Lipinski definition) is 4. The van der Waals surface area contributed by atoms with Crippen LogP contribution in [-0.2, 0) is 14.3 Å². The minimum absolute atomic E-state index is 0.128. The monoisotopic (exact) mass is 370 g/mol. The molecule has 154 valence electrons. The van der Waals surface area contributed by atoms with Gasteiger partial charge in [0, 0.05) is 13.5 Å². The average Bonchev–Trinajstić information content (AvgIpc) is 2.65. The Morgan fingerprint density at radius 1 is 0.885 bits per heavy atom. The van der Waals surface area contributed by atoms with Gasteiger partial charge in [0.1, 0.15) is 12.7 Å². The van der Waals surface area contributed by atoms with E-state index in [1.54, 1.807) is 0 Å². The Bertz CT molecular complexity index is 324. The lowest BCUT2D eigenvalue weighted by molar-refractivity contribution is -0.148. The molecule has 0 aliphatic carbocycles. The number of allylic oxidation sites excluding steroid dienone is 2. The molecule has 0 aliphatic rings. The molecular weight excluding hydrogens is 328 g/mol. The number of hydrogen-bond donors (Lipinski definition) is 1. The van der Waals surface area contributed by atoms with Gasteiger partial charge in [-0.05, 0) is 32.1 Å². The smallest absolute Gasteiger partial charge is 0.305 e. The van der Waals surface area contributed by atoms with Crippen molar-refractivity contribution < 1.29 is 19.4 Å². The van der Waals surface area contributed by atoms with Crippen molar-refractivity contribution in [2.75, 3.05) is 20.3 Å². The average molecular weight is 371 g/mol. The van der Waals surface area contributed by atoms with Crippen molar-refractivity contribution in [3.63, 3.8) is 0 Å². The van der Waals surface area contributed by atoms with Gasteiger partial charge in [-0.3, -0.25) is 4.79 Å². The molecule has 0 saturated heterocycles. The molecule has 0 spiro atoms. The number of unbranched alkanes of at least 4 members (excludes halogenated alkanes) is 11. The lowest BCUT2D eigenvalue weighted by Gasteiger charge is -2.12. The maximum absolute atomic E-state index is 11.5. The van der Waals surface area contributed by atoms with E-state index in [0.717, 1.165) is 12.8 Å². The third kappa shape index (κ3) is 17.9. The van der Waals surface area contributed by atoms with Crippen LogP contribution in [0.2, 0.25) is 0 Å². The van der Waals surface area contributed by atoms with Crippen molar-refractivity contribution in [1.29, 1.82) is 0 Å². The summed E-state index contributed by atoms with van der Waals surface area (Å²) >= 11 is 0. The van der Waals surface area contributed by atoms with Crippen LogP contribution >= 0.6 is 0 Å². The van der Waals surface area contributed by atoms with E-state index in [4.69, 9.17) is 14.6 Å². The van der Waals surface area contributed by atoms with Gasteiger partial charge >= 0.3 is 5.97 Å². The van der Waals surface area contributed by atoms with Crippen LogP contribution < -0.4 is 0 Å². The minimum Gasteiger partial charge on any atom is -0.463 e. The Morgan fingerprint density at radius 3 is 1.96 bits per heavy atom. The molecule has 0 saturated carbocycles. The summed E-state index contributed by atoms with van der Waals surface area (Å²) in [6, 6.07) is 0. The standard InChI is InChI=1S/C22H42O4/c1-3-4-5-6-7-8-9-10-11-12-13-14-15-16-17-18-22(24)26-20-21(19-23)25-2/h10-11,21,23H,3-9,12-20H2,1-2H3. The maximum atomic E-state index is 11.5. The zero-order chi connectivity index (χ0) is 19.3. The van der Waals surface area contributed by atoms with Crippen LogP contribution in [-0.4, -0.2) is 37.5 Å². The maximum Gasteiger partial charge on any atom is 0.305 e. The lowest BCUT2D eigenvalue weighted by atomic mass is 10.1. The van der Waals surface area contributed by atoms with Gasteiger partial charge in [-0.25, -0.2) is 0 Å². The highest BCUT2D eigenvalue weighted by atomic mass is 16.6. The quantitative estimate of drug-likeness (QED) is 0.183. The van der Waals surface area contributed by atoms with Crippen molar-refractivity contribution in [2.24, 2.45) is 0 Å². The molecule has 0 bridgehead atoms. The molecule has 0 radical (unpaired) electrons. The molecule has 4 nitrogen and oxygen atoms in total. The summed E-state index contributed by atoms with van der Waals surface area (Å²) in [6.45, 7) is 2.27. The molecule has 0 heterocycles. The number of aliphatic hydroxyl groups is 1. The van der Waals surface area contributed by atoms with Crippen molar-refractivity contribution in [2.45, 2.75) is 103 Å². The second-order valence-electron chi connectivity index (χ2n) is 7.06. The summed E-state index contributed by atoms with van der Waals surface area (Å²) in [5.41, 5.74) is 0. The van der Waals surface area contributed by atoms with E-state index in [1.165, 1.54) is 77.7 Å². The third-order valence-electron chi connectivity index (χ3n) is 4.61. The SMILES string of the molecule is CCCCCCCCC=CCCCCCCCC(=O)OCC(CO)OC. The number of carbonyl (C=O) groups is 1. The van der Waals surface area contributed by atoms with Gasteiger partial charge in [-0.1, -0.05) is 70.4 Å². The number of methoxy groups -OCH3 is 1. The fraction of sp³-hybridized carbons (Fsp3) is 0.864. The highest BCUT2D eigenvalue weighted by Crippen LogP contribution is 2.10. The summed E-state index contributed by atoms with van der Waals surface area (Å²) in [4.78, 5) is 11.5. The predicted molar refractivity (Wildman–Crippen MR) is 108 cm³/mol. The topological polar surface area (TPSA) is 55.8 Å². The van der Waals surface area contributed by atoms with Gasteiger partial charge in [-0.15, -0.1) is 0 Å². The van der Waals surface area contributed by atoms with Gasteiger partial charge in [0.25, 0.3) is 0 Å². The van der Waals surface area contributed by atoms with E-state index in [9.17, 15) is 4.79 Å². The fourth-order valence-corrected chi connectivity index (χ4v) is 2.79. The first-order valence-electron chi connectivity index (χ1n) is 10.7. The number of aliphatic hydroxyl groups excluding tert-OH is 1. The molecular formula is C22H42O4. The lowest BCUT2D eigenvalue weighted by Crippen LogP contribution is -2.24. The van der Waals surface area contributed by atoms with Crippen molar-refractivity contribution >= 4 is 5.97 Å². The summed E-state index contributed by atoms with van der Waals surface area (Å²) in [5.74, 6) is -0.196. The first-order chi connectivity index (χ1) is 12.7. The van der Waals surface area contributed by atoms with Crippen LogP contribution in [0.1, 0.15) is 96.8 Å². The molecule has 0 aromatic rings. The van der Waals surface area contributed by atoms with E-state index in [-0.39, 0.29) is 19.2 Å². The van der Waals surface area contributed by atoms with E-state index >= 15 is 0 Å². The van der Waals surface area contributed by atoms with Crippen LogP contribution in [0.25, 0.3) is 0 Å². The zero-order valence-electron chi connectivity index (χ0n) is 17.2. The van der Waals surface area contributed by atoms with Crippen LogP contribution in [0.4, 0.5) is 0 Å². The molecule has 26 heavy (non-hydrogen) atoms. The summed E-state index contributed by atoms with van der Waals surface area (Å²) in [5, 5.41) is 8.93. The summed E-state index contributed by atoms with van der Waals surface area (Å²) < 4.78 is 10.0. The number of esters is 1. The van der Waals surface area contributed by atoms with Gasteiger partial charge in [-0.2, -0.15) is 0 Å². The van der Waals surface area contributed by atoms with Crippen LogP contribution in [0.3, 0.4) is 0 Å². The summed E-state index contributed by atoms with van der Waals surface area (Å²) in [6.07, 6.45) is 20.9. The van der Waals surface area contributed by atoms with Gasteiger partial charge in [0.05, 0.1) is 6.61 Å². The molecule has 0 aliphatic heterocycles. The molecule has 4 heteroatoms. The Kier molecular flexibility index (Phi) is 19.8. The largest absolute Gasteiger partial charge is 0.463 e. The van der Waals surface area contributed by atoms with Crippen LogP contribution in [0.15, 0.2) is 12.2 Å². The number of ether oxygens (including phenoxy) is 2. The number of carbonyl (C=O) groups excluding carboxylic acids is 1. The Labute approximate surface area is 161 Å². The molecule has 1 N–H and O–H groups in total. The van der Waals surface area contributed by atoms with E-state index in [1.807, 2.05) is 0 Å². The predicted octanol–water partition coefficient (Wildman–Crippen LogP) is 5.57. The van der Waals surface area contributed by atoms with Gasteiger partial charge in [0.2, 0.25) is 0 Å². The minimum atomic E-state index is -0.409. The Hall–Kier alpha value is -0.870. The van der Waals surface area contributed by atoms with Crippen molar-refractivity contribution in [3.05, 3.63) is 12.2 Å². The Morgan fingerprint density at radius 2 is 1.42 bits per heavy atom. The molecule has 1 atom stereocenters. The van der Waals surface area contributed by atoms with Gasteiger partial charge < -0.3 is 14.6 Å². The molecule has 0 amide bonds. The van der Waals surface area contributed by atoms with E-state index in [2.05, 4.69) is 19.1 Å². The fourth-order valence-electron chi connectivity index (χ4n) is 2.79. The van der Waals surface area contributed by atoms with Crippen LogP contribution in [0, 0.1) is 0 Å². The van der Waals surface area contributed by atoms with E-state index < -0.39 is 6.10 Å². The normalized spacial score (nSPS) is 12.6. The zero-order valence-corrected chi connectivity index (χ0v) is 17.2. The summed E-state index contributed by atoms with van der Waals surface area (Å²) in [7, 11) is 1.50. The molecule has 0 aromatic carbocycles. The second kappa shape index (κ2) is 20.4. The Balaban J connectivity index is 3.28. The first-order valence-corrected chi connectivity index (χ1v) is 10.7. The highest BCUT2D eigenvalue weighted by Gasteiger charge is 2.09. The third-order valence-corrected chi connectivity index (χ3v) is 4.61. The van der Waals surface area contributed by atoms with Gasteiger partial charge in [0.15, 0.2) is 0 Å². The molecule has 1 unspecified atom stereocenters.